The van der Waals surface area contributed by atoms with E-state index in [4.69, 9.17) is 0 Å². The van der Waals surface area contributed by atoms with Crippen LogP contribution in [0.5, 0.6) is 0 Å². The molecule has 2 bridgehead atoms. The zero-order valence-electron chi connectivity index (χ0n) is 39.1. The first-order chi connectivity index (χ1) is 35.2. The molecule has 13 rings (SSSR count). The SMILES string of the molecule is c1ccc(-c2c3cccc2C(c2ccc(N(c4ccccc4)c4ccc5ccccc5c4)cc2)(c2ccc(N(c4ccccc4)c4ccc5ccccc5c4)cc2)c2ccccc2-c2ccccc2-3)cc1. The van der Waals surface area contributed by atoms with E-state index in [-0.39, 0.29) is 0 Å². The van der Waals surface area contributed by atoms with Crippen LogP contribution in [0, 0.1) is 0 Å². The van der Waals surface area contributed by atoms with Crippen LogP contribution in [0.25, 0.3) is 54.9 Å². The summed E-state index contributed by atoms with van der Waals surface area (Å²) in [5.41, 5.74) is 17.9. The minimum absolute atomic E-state index is 0.788. The Morgan fingerprint density at radius 2 is 0.592 bits per heavy atom. The fourth-order valence-corrected chi connectivity index (χ4v) is 11.3. The van der Waals surface area contributed by atoms with Crippen LogP contribution in [0.3, 0.4) is 0 Å². The van der Waals surface area contributed by atoms with Crippen LogP contribution in [0.2, 0.25) is 0 Å². The minimum Gasteiger partial charge on any atom is -0.310 e. The van der Waals surface area contributed by atoms with Gasteiger partial charge in [0.1, 0.15) is 0 Å². The zero-order valence-corrected chi connectivity index (χ0v) is 39.1. The van der Waals surface area contributed by atoms with Gasteiger partial charge in [0.05, 0.1) is 5.41 Å². The molecule has 0 heterocycles. The average molecular weight is 905 g/mol. The van der Waals surface area contributed by atoms with Crippen molar-refractivity contribution in [3.8, 4) is 33.4 Å². The Morgan fingerprint density at radius 1 is 0.225 bits per heavy atom. The van der Waals surface area contributed by atoms with Gasteiger partial charge in [-0.15, -0.1) is 0 Å². The molecule has 0 unspecified atom stereocenters. The maximum atomic E-state index is 2.39. The number of hydrogen-bond donors (Lipinski definition) is 0. The smallest absolute Gasteiger partial charge is 0.0713 e. The third-order valence-electron chi connectivity index (χ3n) is 14.5. The molecule has 12 aromatic rings. The highest BCUT2D eigenvalue weighted by Crippen LogP contribution is 2.56. The molecule has 1 aliphatic carbocycles. The third kappa shape index (κ3) is 7.19. The van der Waals surface area contributed by atoms with E-state index in [9.17, 15) is 0 Å². The van der Waals surface area contributed by atoms with E-state index in [2.05, 4.69) is 301 Å². The lowest BCUT2D eigenvalue weighted by Gasteiger charge is -2.42. The van der Waals surface area contributed by atoms with Crippen LogP contribution in [0.4, 0.5) is 34.1 Å². The Kier molecular flexibility index (Phi) is 10.4. The molecule has 0 fully saturated rings. The van der Waals surface area contributed by atoms with E-state index >= 15 is 0 Å². The molecule has 71 heavy (non-hydrogen) atoms. The van der Waals surface area contributed by atoms with Gasteiger partial charge in [0, 0.05) is 34.1 Å². The first kappa shape index (κ1) is 41.9. The van der Waals surface area contributed by atoms with Crippen LogP contribution >= 0.6 is 0 Å². The van der Waals surface area contributed by atoms with Crippen molar-refractivity contribution in [3.05, 3.63) is 313 Å². The average Bonchev–Trinajstić information content (AvgIpc) is 3.45. The fourth-order valence-electron chi connectivity index (χ4n) is 11.3. The normalized spacial score (nSPS) is 12.3. The maximum absolute atomic E-state index is 2.39. The summed E-state index contributed by atoms with van der Waals surface area (Å²) < 4.78 is 0. The molecule has 2 nitrogen and oxygen atoms in total. The second-order valence-corrected chi connectivity index (χ2v) is 18.4. The lowest BCUT2D eigenvalue weighted by Crippen LogP contribution is -2.33. The van der Waals surface area contributed by atoms with Gasteiger partial charge in [0.25, 0.3) is 0 Å². The summed E-state index contributed by atoms with van der Waals surface area (Å²) in [6.07, 6.45) is 0. The summed E-state index contributed by atoms with van der Waals surface area (Å²) in [5.74, 6) is 0. The van der Waals surface area contributed by atoms with Crippen molar-refractivity contribution < 1.29 is 0 Å². The summed E-state index contributed by atoms with van der Waals surface area (Å²) in [5, 5.41) is 4.85. The lowest BCUT2D eigenvalue weighted by molar-refractivity contribution is 0.748. The van der Waals surface area contributed by atoms with E-state index in [0.29, 0.717) is 0 Å². The van der Waals surface area contributed by atoms with Gasteiger partial charge in [-0.1, -0.05) is 218 Å². The van der Waals surface area contributed by atoms with Gasteiger partial charge in [-0.05, 0) is 150 Å². The highest BCUT2D eigenvalue weighted by molar-refractivity contribution is 5.98. The minimum atomic E-state index is -0.788. The van der Waals surface area contributed by atoms with Gasteiger partial charge in [0.15, 0.2) is 0 Å². The molecule has 0 saturated carbocycles. The number of anilines is 6. The number of fused-ring (bicyclic) bond motifs is 8. The predicted molar refractivity (Wildman–Crippen MR) is 299 cm³/mol. The summed E-state index contributed by atoms with van der Waals surface area (Å²) in [6, 6.07) is 107. The quantitative estimate of drug-likeness (QED) is 0.142. The van der Waals surface area contributed by atoms with Gasteiger partial charge in [-0.3, -0.25) is 0 Å². The highest BCUT2D eigenvalue weighted by Gasteiger charge is 2.44. The van der Waals surface area contributed by atoms with Crippen molar-refractivity contribution in [3.63, 3.8) is 0 Å². The standard InChI is InChI=1S/C69H48N2/c1-4-21-51(22-5-1)68-65-32-18-34-67(68)69(66-33-17-16-31-64(66)62-29-14-15-30-63(62)65,54-37-43-58(44-38-54)70(56-25-6-2-7-26-56)60-41-35-49-19-10-12-23-52(49)47-60)55-39-45-59(46-40-55)71(57-27-8-3-9-28-57)61-42-36-50-20-11-13-24-53(50)48-61/h1-48H. The van der Waals surface area contributed by atoms with Crippen molar-refractivity contribution in [1.82, 2.24) is 0 Å². The Balaban J connectivity index is 1.08. The Labute approximate surface area is 415 Å². The van der Waals surface area contributed by atoms with Gasteiger partial charge < -0.3 is 9.80 Å². The van der Waals surface area contributed by atoms with Gasteiger partial charge in [-0.25, -0.2) is 0 Å². The molecule has 0 saturated heterocycles. The second-order valence-electron chi connectivity index (χ2n) is 18.4. The van der Waals surface area contributed by atoms with E-state index in [1.165, 1.54) is 77.2 Å². The van der Waals surface area contributed by atoms with Crippen molar-refractivity contribution in [1.29, 1.82) is 0 Å². The Bertz CT molecular complexity index is 3700. The monoisotopic (exact) mass is 904 g/mol. The zero-order chi connectivity index (χ0) is 47.1. The topological polar surface area (TPSA) is 6.48 Å². The largest absolute Gasteiger partial charge is 0.310 e. The molecule has 0 spiro atoms. The van der Waals surface area contributed by atoms with Crippen LogP contribution in [-0.2, 0) is 5.41 Å². The molecule has 0 aromatic heterocycles. The first-order valence-corrected chi connectivity index (χ1v) is 24.5. The van der Waals surface area contributed by atoms with Crippen LogP contribution in [-0.4, -0.2) is 0 Å². The molecule has 0 atom stereocenters. The number of hydrogen-bond acceptors (Lipinski definition) is 2. The highest BCUT2D eigenvalue weighted by atomic mass is 15.1. The molecular weight excluding hydrogens is 857 g/mol. The van der Waals surface area contributed by atoms with Crippen molar-refractivity contribution >= 4 is 55.7 Å². The molecule has 0 radical (unpaired) electrons. The summed E-state index contributed by atoms with van der Waals surface area (Å²) >= 11 is 0. The third-order valence-corrected chi connectivity index (χ3v) is 14.5. The van der Waals surface area contributed by atoms with Crippen LogP contribution in [0.15, 0.2) is 291 Å². The molecule has 12 aromatic carbocycles. The number of rotatable bonds is 9. The number of para-hydroxylation sites is 2. The van der Waals surface area contributed by atoms with Crippen molar-refractivity contribution in [2.24, 2.45) is 0 Å². The van der Waals surface area contributed by atoms with E-state index in [1.807, 2.05) is 0 Å². The van der Waals surface area contributed by atoms with Crippen molar-refractivity contribution in [2.75, 3.05) is 9.80 Å². The number of nitrogens with zero attached hydrogens (tertiary/aromatic N) is 2. The van der Waals surface area contributed by atoms with Crippen LogP contribution in [0.1, 0.15) is 22.3 Å². The van der Waals surface area contributed by atoms with Crippen molar-refractivity contribution in [2.45, 2.75) is 5.41 Å². The second kappa shape index (κ2) is 17.7. The molecule has 0 N–H and O–H groups in total. The van der Waals surface area contributed by atoms with E-state index in [0.717, 1.165) is 34.1 Å². The Hall–Kier alpha value is -9.24. The fraction of sp³-hybridized carbons (Fsp3) is 0.0145. The van der Waals surface area contributed by atoms with E-state index in [1.54, 1.807) is 0 Å². The molecule has 2 heteroatoms. The Morgan fingerprint density at radius 3 is 1.11 bits per heavy atom. The summed E-state index contributed by atoms with van der Waals surface area (Å²) in [7, 11) is 0. The predicted octanol–water partition coefficient (Wildman–Crippen LogP) is 18.6. The van der Waals surface area contributed by atoms with Gasteiger partial charge >= 0.3 is 0 Å². The molecular formula is C69H48N2. The molecule has 0 amide bonds. The lowest BCUT2D eigenvalue weighted by atomic mass is 9.60. The molecule has 0 aliphatic heterocycles. The first-order valence-electron chi connectivity index (χ1n) is 24.5. The van der Waals surface area contributed by atoms with Gasteiger partial charge in [-0.2, -0.15) is 0 Å². The maximum Gasteiger partial charge on any atom is 0.0713 e. The molecule has 334 valence electrons. The van der Waals surface area contributed by atoms with Crippen LogP contribution < -0.4 is 9.80 Å². The number of benzene rings is 12. The molecule has 1 aliphatic rings. The summed E-state index contributed by atoms with van der Waals surface area (Å²) in [6.45, 7) is 0. The summed E-state index contributed by atoms with van der Waals surface area (Å²) in [4.78, 5) is 4.75. The van der Waals surface area contributed by atoms with Gasteiger partial charge in [0.2, 0.25) is 0 Å². The van der Waals surface area contributed by atoms with E-state index < -0.39 is 5.41 Å².